The van der Waals surface area contributed by atoms with Gasteiger partial charge >= 0.3 is 0 Å². The smallest absolute Gasteiger partial charge is 0.294 e. The first-order chi connectivity index (χ1) is 10.5. The highest BCUT2D eigenvalue weighted by Crippen LogP contribution is 2.21. The summed E-state index contributed by atoms with van der Waals surface area (Å²) in [7, 11) is -3.80. The third-order valence-electron chi connectivity index (χ3n) is 2.84. The van der Waals surface area contributed by atoms with Crippen molar-refractivity contribution in [1.82, 2.24) is 4.57 Å². The lowest BCUT2D eigenvalue weighted by atomic mass is 10.3. The average Bonchev–Trinajstić information content (AvgIpc) is 3.08. The minimum absolute atomic E-state index is 0.156. The molecule has 0 radical (unpaired) electrons. The molecule has 1 aromatic carbocycles. The topological polar surface area (TPSA) is 51.4 Å². The van der Waals surface area contributed by atoms with Crippen molar-refractivity contribution >= 4 is 42.9 Å². The number of halogens is 1. The molecule has 0 atom stereocenters. The number of sulfonamides is 1. The van der Waals surface area contributed by atoms with Gasteiger partial charge in [-0.15, -0.1) is 22.2 Å². The Hall–Kier alpha value is -1.95. The van der Waals surface area contributed by atoms with E-state index in [1.165, 1.54) is 18.2 Å². The highest BCUT2D eigenvalue weighted by molar-refractivity contribution is 7.92. The third kappa shape index (κ3) is 2.70. The summed E-state index contributed by atoms with van der Waals surface area (Å²) < 4.78 is 44.1. The number of benzene rings is 1. The summed E-state index contributed by atoms with van der Waals surface area (Å²) in [5.74, 6) is 2.07. The van der Waals surface area contributed by atoms with Crippen LogP contribution in [-0.4, -0.2) is 13.0 Å². The standard InChI is InChI=1S/C14H9FN2O2S3/c1-2-7-17-11-6-5-10(15)9-12(11)21-14(17)16-22(18,19)13-4-3-8-20-13/h1,3-6,8-9H,7H2. The van der Waals surface area contributed by atoms with Crippen LogP contribution in [0, 0.1) is 18.2 Å². The molecule has 2 heterocycles. The summed E-state index contributed by atoms with van der Waals surface area (Å²) in [6, 6.07) is 7.34. The minimum Gasteiger partial charge on any atom is -0.304 e. The largest absolute Gasteiger partial charge is 0.304 e. The van der Waals surface area contributed by atoms with E-state index < -0.39 is 15.8 Å². The zero-order chi connectivity index (χ0) is 15.7. The third-order valence-corrected chi connectivity index (χ3v) is 6.64. The molecule has 0 N–H and O–H groups in total. The molecule has 0 aliphatic carbocycles. The van der Waals surface area contributed by atoms with Crippen LogP contribution in [0.4, 0.5) is 4.39 Å². The van der Waals surface area contributed by atoms with Gasteiger partial charge in [0.25, 0.3) is 10.0 Å². The van der Waals surface area contributed by atoms with Gasteiger partial charge in [0.2, 0.25) is 4.80 Å². The number of terminal acetylenes is 1. The van der Waals surface area contributed by atoms with Crippen molar-refractivity contribution in [2.24, 2.45) is 4.40 Å². The van der Waals surface area contributed by atoms with Crippen LogP contribution in [0.15, 0.2) is 44.3 Å². The van der Waals surface area contributed by atoms with Gasteiger partial charge < -0.3 is 4.57 Å². The van der Waals surface area contributed by atoms with Gasteiger partial charge in [-0.1, -0.05) is 23.3 Å². The Kier molecular flexibility index (Phi) is 3.87. The van der Waals surface area contributed by atoms with Crippen LogP contribution in [0.1, 0.15) is 0 Å². The zero-order valence-corrected chi connectivity index (χ0v) is 13.5. The van der Waals surface area contributed by atoms with Crippen molar-refractivity contribution in [3.8, 4) is 12.3 Å². The summed E-state index contributed by atoms with van der Waals surface area (Å²) in [5.41, 5.74) is 0.657. The number of thiophene rings is 1. The van der Waals surface area contributed by atoms with Crippen molar-refractivity contribution in [1.29, 1.82) is 0 Å². The molecule has 0 spiro atoms. The number of thiazole rings is 1. The molecule has 3 aromatic rings. The Bertz CT molecular complexity index is 1040. The Labute approximate surface area is 134 Å². The number of nitrogens with zero attached hydrogens (tertiary/aromatic N) is 2. The van der Waals surface area contributed by atoms with Gasteiger partial charge in [-0.3, -0.25) is 0 Å². The second kappa shape index (κ2) is 5.68. The average molecular weight is 352 g/mol. The van der Waals surface area contributed by atoms with E-state index in [1.54, 1.807) is 22.1 Å². The fraction of sp³-hybridized carbons (Fsp3) is 0.0714. The first kappa shape index (κ1) is 15.0. The van der Waals surface area contributed by atoms with E-state index in [-0.39, 0.29) is 15.6 Å². The number of hydrogen-bond donors (Lipinski definition) is 0. The molecule has 2 aromatic heterocycles. The fourth-order valence-corrected chi connectivity index (χ4v) is 5.14. The lowest BCUT2D eigenvalue weighted by molar-refractivity contribution is 0.598. The predicted molar refractivity (Wildman–Crippen MR) is 85.7 cm³/mol. The summed E-state index contributed by atoms with van der Waals surface area (Å²) in [6.07, 6.45) is 5.34. The van der Waals surface area contributed by atoms with Gasteiger partial charge in [0, 0.05) is 0 Å². The number of fused-ring (bicyclic) bond motifs is 1. The summed E-state index contributed by atoms with van der Waals surface area (Å²) in [4.78, 5) is 0.229. The molecule has 0 aliphatic heterocycles. The summed E-state index contributed by atoms with van der Waals surface area (Å²) >= 11 is 2.18. The highest BCUT2D eigenvalue weighted by Gasteiger charge is 2.15. The molecule has 3 rings (SSSR count). The normalized spacial score (nSPS) is 12.6. The molecule has 0 amide bonds. The molecule has 8 heteroatoms. The molecule has 22 heavy (non-hydrogen) atoms. The quantitative estimate of drug-likeness (QED) is 0.681. The molecular weight excluding hydrogens is 343 g/mol. The van der Waals surface area contributed by atoms with Crippen molar-refractivity contribution in [2.75, 3.05) is 0 Å². The van der Waals surface area contributed by atoms with E-state index in [0.29, 0.717) is 10.2 Å². The van der Waals surface area contributed by atoms with Crippen LogP contribution in [0.5, 0.6) is 0 Å². The maximum absolute atomic E-state index is 13.3. The summed E-state index contributed by atoms with van der Waals surface area (Å²) in [6.45, 7) is 0.157. The SMILES string of the molecule is C#CCn1c(=NS(=O)(=O)c2cccs2)sc2cc(F)ccc21. The lowest BCUT2D eigenvalue weighted by Gasteiger charge is -1.99. The van der Waals surface area contributed by atoms with E-state index in [1.807, 2.05) is 0 Å². The van der Waals surface area contributed by atoms with Crippen molar-refractivity contribution in [3.63, 3.8) is 0 Å². The molecule has 112 valence electrons. The second-order valence-electron chi connectivity index (χ2n) is 4.29. The predicted octanol–water partition coefficient (Wildman–Crippen LogP) is 2.83. The van der Waals surface area contributed by atoms with E-state index in [9.17, 15) is 12.8 Å². The van der Waals surface area contributed by atoms with E-state index in [2.05, 4.69) is 10.3 Å². The van der Waals surface area contributed by atoms with Crippen LogP contribution < -0.4 is 4.80 Å². The van der Waals surface area contributed by atoms with Gasteiger partial charge in [0.05, 0.1) is 16.8 Å². The molecule has 0 saturated heterocycles. The van der Waals surface area contributed by atoms with E-state index in [0.717, 1.165) is 22.7 Å². The number of hydrogen-bond acceptors (Lipinski definition) is 4. The Morgan fingerprint density at radius 2 is 2.18 bits per heavy atom. The second-order valence-corrected chi connectivity index (χ2v) is 8.07. The molecular formula is C14H9FN2O2S3. The fourth-order valence-electron chi connectivity index (χ4n) is 1.92. The van der Waals surface area contributed by atoms with Gasteiger partial charge in [0.1, 0.15) is 10.0 Å². The van der Waals surface area contributed by atoms with Crippen LogP contribution >= 0.6 is 22.7 Å². The zero-order valence-electron chi connectivity index (χ0n) is 11.1. The van der Waals surface area contributed by atoms with E-state index >= 15 is 0 Å². The Morgan fingerprint density at radius 1 is 1.36 bits per heavy atom. The maximum atomic E-state index is 13.3. The minimum atomic E-state index is -3.80. The molecule has 0 unspecified atom stereocenters. The summed E-state index contributed by atoms with van der Waals surface area (Å²) in [5, 5.41) is 1.66. The van der Waals surface area contributed by atoms with Crippen molar-refractivity contribution in [2.45, 2.75) is 10.8 Å². The molecule has 4 nitrogen and oxygen atoms in total. The van der Waals surface area contributed by atoms with Crippen molar-refractivity contribution < 1.29 is 12.8 Å². The first-order valence-corrected chi connectivity index (χ1v) is 9.22. The van der Waals surface area contributed by atoms with Gasteiger partial charge in [0.15, 0.2) is 0 Å². The Morgan fingerprint density at radius 3 is 2.86 bits per heavy atom. The van der Waals surface area contributed by atoms with Crippen LogP contribution in [-0.2, 0) is 16.6 Å². The molecule has 0 bridgehead atoms. The molecule has 0 aliphatic rings. The monoisotopic (exact) mass is 352 g/mol. The van der Waals surface area contributed by atoms with Gasteiger partial charge in [-0.2, -0.15) is 8.42 Å². The highest BCUT2D eigenvalue weighted by atomic mass is 32.2. The van der Waals surface area contributed by atoms with Crippen LogP contribution in [0.2, 0.25) is 0 Å². The van der Waals surface area contributed by atoms with Crippen LogP contribution in [0.3, 0.4) is 0 Å². The number of aromatic nitrogens is 1. The number of rotatable bonds is 3. The Balaban J connectivity index is 2.29. The van der Waals surface area contributed by atoms with E-state index in [4.69, 9.17) is 6.42 Å². The lowest BCUT2D eigenvalue weighted by Crippen LogP contribution is -2.16. The van der Waals surface area contributed by atoms with Gasteiger partial charge in [-0.25, -0.2) is 4.39 Å². The van der Waals surface area contributed by atoms with Crippen molar-refractivity contribution in [3.05, 3.63) is 46.3 Å². The molecule has 0 fully saturated rings. The van der Waals surface area contributed by atoms with Crippen LogP contribution in [0.25, 0.3) is 10.2 Å². The maximum Gasteiger partial charge on any atom is 0.294 e. The first-order valence-electron chi connectivity index (χ1n) is 6.08. The van der Waals surface area contributed by atoms with Gasteiger partial charge in [-0.05, 0) is 29.6 Å². The molecule has 0 saturated carbocycles.